The molecule has 0 N–H and O–H groups in total. The molecule has 0 bridgehead atoms. The van der Waals surface area contributed by atoms with Crippen LogP contribution in [0.15, 0.2) is 28.7 Å². The average Bonchev–Trinajstić information content (AvgIpc) is 2.79. The zero-order valence-electron chi connectivity index (χ0n) is 11.2. The van der Waals surface area contributed by atoms with Gasteiger partial charge in [-0.2, -0.15) is 0 Å². The molecule has 0 amide bonds. The molecule has 0 saturated carbocycles. The lowest BCUT2D eigenvalue weighted by molar-refractivity contribution is -0.428. The van der Waals surface area contributed by atoms with Crippen LogP contribution in [0, 0.1) is 27.2 Å². The largest absolute Gasteiger partial charge is 0.463 e. The Kier molecular flexibility index (Phi) is 4.31. The number of rotatable bonds is 4. The maximum Gasteiger partial charge on any atom is 0.463 e. The lowest BCUT2D eigenvalue weighted by Gasteiger charge is -2.01. The molecule has 0 aliphatic rings. The number of carbonyl (C=O) groups is 1. The fourth-order valence-electron chi connectivity index (χ4n) is 1.95. The predicted octanol–water partition coefficient (Wildman–Crippen LogP) is 2.65. The molecule has 0 unspecified atom stereocenters. The summed E-state index contributed by atoms with van der Waals surface area (Å²) in [7, 11) is 0. The highest BCUT2D eigenvalue weighted by Crippen LogP contribution is 2.27. The second kappa shape index (κ2) is 6.02. The van der Waals surface area contributed by atoms with Crippen molar-refractivity contribution in [3.63, 3.8) is 0 Å². The summed E-state index contributed by atoms with van der Waals surface area (Å²) in [6.07, 6.45) is -0.136. The summed E-state index contributed by atoms with van der Waals surface area (Å²) < 4.78 is 1.49. The second-order valence-electron chi connectivity index (χ2n) is 4.35. The van der Waals surface area contributed by atoms with Gasteiger partial charge in [-0.15, -0.1) is 4.57 Å². The maximum absolute atomic E-state index is 12.3. The van der Waals surface area contributed by atoms with Gasteiger partial charge < -0.3 is 20.2 Å². The molecule has 0 radical (unpaired) electrons. The third kappa shape index (κ3) is 3.01. The molecule has 1 aromatic carbocycles. The minimum atomic E-state index is -0.978. The van der Waals surface area contributed by atoms with Crippen molar-refractivity contribution in [2.24, 2.45) is 0 Å². The molecule has 1 aromatic heterocycles. The minimum Gasteiger partial charge on any atom is -0.358 e. The number of carbonyl (C=O) groups excluding carboxylic acids is 1. The van der Waals surface area contributed by atoms with E-state index in [2.05, 4.69) is 20.9 Å². The number of imidazole rings is 1. The van der Waals surface area contributed by atoms with Crippen molar-refractivity contribution < 1.29 is 14.6 Å². The molecular weight excluding hydrogens is 360 g/mol. The first kappa shape index (κ1) is 15.8. The van der Waals surface area contributed by atoms with Crippen LogP contribution in [-0.2, 0) is 6.42 Å². The Balaban J connectivity index is 2.43. The number of hydrogen-bond donors (Lipinski definition) is 0. The molecule has 10 heteroatoms. The van der Waals surface area contributed by atoms with Gasteiger partial charge in [0.05, 0.1) is 6.42 Å². The standard InChI is InChI=1S/C12H9BrN4O5/c1-7-14-11(16(19)20)12(17(21)22)15(7)10(18)6-8-2-4-9(13)5-3-8/h2-5H,6H2,1H3. The van der Waals surface area contributed by atoms with E-state index >= 15 is 0 Å². The zero-order valence-corrected chi connectivity index (χ0v) is 12.8. The zero-order chi connectivity index (χ0) is 16.4. The van der Waals surface area contributed by atoms with Gasteiger partial charge in [0.2, 0.25) is 0 Å². The molecule has 0 aliphatic heterocycles. The van der Waals surface area contributed by atoms with Crippen LogP contribution in [0.1, 0.15) is 16.2 Å². The molecule has 0 saturated heterocycles. The van der Waals surface area contributed by atoms with E-state index in [0.29, 0.717) is 10.1 Å². The Morgan fingerprint density at radius 2 is 1.82 bits per heavy atom. The topological polar surface area (TPSA) is 121 Å². The molecule has 0 atom stereocenters. The molecule has 0 fully saturated rings. The summed E-state index contributed by atoms with van der Waals surface area (Å²) in [6.45, 7) is 1.31. The number of halogens is 1. The van der Waals surface area contributed by atoms with Gasteiger partial charge in [-0.25, -0.2) is 4.79 Å². The molecule has 22 heavy (non-hydrogen) atoms. The lowest BCUT2D eigenvalue weighted by atomic mass is 10.1. The quantitative estimate of drug-likeness (QED) is 0.603. The van der Waals surface area contributed by atoms with E-state index < -0.39 is 27.4 Å². The smallest absolute Gasteiger partial charge is 0.358 e. The number of nitro groups is 2. The van der Waals surface area contributed by atoms with Gasteiger partial charge in [0.15, 0.2) is 0 Å². The summed E-state index contributed by atoms with van der Waals surface area (Å²) >= 11 is 3.25. The molecule has 0 spiro atoms. The van der Waals surface area contributed by atoms with Crippen molar-refractivity contribution >= 4 is 33.5 Å². The predicted molar refractivity (Wildman–Crippen MR) is 78.7 cm³/mol. The molecule has 9 nitrogen and oxygen atoms in total. The normalized spacial score (nSPS) is 10.5. The van der Waals surface area contributed by atoms with Crippen molar-refractivity contribution in [1.82, 2.24) is 9.55 Å². The van der Waals surface area contributed by atoms with E-state index in [-0.39, 0.29) is 12.2 Å². The highest BCUT2D eigenvalue weighted by atomic mass is 79.9. The molecule has 114 valence electrons. The van der Waals surface area contributed by atoms with Gasteiger partial charge in [-0.3, -0.25) is 0 Å². The van der Waals surface area contributed by atoms with Crippen molar-refractivity contribution in [3.8, 4) is 0 Å². The summed E-state index contributed by atoms with van der Waals surface area (Å²) in [6, 6.07) is 6.80. The first-order valence-electron chi connectivity index (χ1n) is 5.97. The molecule has 2 aromatic rings. The van der Waals surface area contributed by atoms with Crippen molar-refractivity contribution in [2.75, 3.05) is 0 Å². The van der Waals surface area contributed by atoms with Crippen LogP contribution in [0.3, 0.4) is 0 Å². The number of nitrogens with zero attached hydrogens (tertiary/aromatic N) is 4. The molecular formula is C12H9BrN4O5. The van der Waals surface area contributed by atoms with Gasteiger partial charge in [0.25, 0.3) is 0 Å². The Morgan fingerprint density at radius 1 is 1.23 bits per heavy atom. The van der Waals surface area contributed by atoms with Gasteiger partial charge in [-0.1, -0.05) is 28.1 Å². The fraction of sp³-hybridized carbons (Fsp3) is 0.167. The van der Waals surface area contributed by atoms with E-state index in [0.717, 1.165) is 4.47 Å². The first-order chi connectivity index (χ1) is 10.3. The van der Waals surface area contributed by atoms with Crippen molar-refractivity contribution in [3.05, 3.63) is 60.4 Å². The third-order valence-corrected chi connectivity index (χ3v) is 3.40. The minimum absolute atomic E-state index is 0.0967. The SMILES string of the molecule is Cc1nc([N+](=O)[O-])c([N+](=O)[O-])n1C(=O)Cc1ccc(Br)cc1. The lowest BCUT2D eigenvalue weighted by Crippen LogP contribution is -2.17. The van der Waals surface area contributed by atoms with E-state index in [1.54, 1.807) is 24.3 Å². The number of aryl methyl sites for hydroxylation is 1. The Hall–Kier alpha value is -2.62. The summed E-state index contributed by atoms with van der Waals surface area (Å²) in [4.78, 5) is 35.7. The number of hydrogen-bond acceptors (Lipinski definition) is 6. The Labute approximate surface area is 132 Å². The van der Waals surface area contributed by atoms with Gasteiger partial charge >= 0.3 is 23.4 Å². The van der Waals surface area contributed by atoms with E-state index in [1.165, 1.54) is 6.92 Å². The van der Waals surface area contributed by atoms with Crippen LogP contribution in [-0.4, -0.2) is 25.3 Å². The highest BCUT2D eigenvalue weighted by molar-refractivity contribution is 9.10. The third-order valence-electron chi connectivity index (χ3n) is 2.87. The second-order valence-corrected chi connectivity index (χ2v) is 5.27. The Bertz CT molecular complexity index is 769. The summed E-state index contributed by atoms with van der Waals surface area (Å²) in [5.74, 6) is -2.62. The van der Waals surface area contributed by atoms with E-state index in [9.17, 15) is 25.0 Å². The van der Waals surface area contributed by atoms with Crippen LogP contribution >= 0.6 is 15.9 Å². The number of benzene rings is 1. The van der Waals surface area contributed by atoms with E-state index in [4.69, 9.17) is 0 Å². The van der Waals surface area contributed by atoms with Gasteiger partial charge in [0.1, 0.15) is 0 Å². The molecule has 0 aliphatic carbocycles. The van der Waals surface area contributed by atoms with Crippen molar-refractivity contribution in [1.29, 1.82) is 0 Å². The fourth-order valence-corrected chi connectivity index (χ4v) is 2.21. The summed E-state index contributed by atoms with van der Waals surface area (Å²) in [5, 5.41) is 21.9. The van der Waals surface area contributed by atoms with Gasteiger partial charge in [-0.05, 0) is 27.5 Å². The van der Waals surface area contributed by atoms with Gasteiger partial charge in [0, 0.05) is 16.4 Å². The monoisotopic (exact) mass is 368 g/mol. The highest BCUT2D eigenvalue weighted by Gasteiger charge is 2.39. The first-order valence-corrected chi connectivity index (χ1v) is 6.76. The maximum atomic E-state index is 12.3. The number of aromatic nitrogens is 2. The van der Waals surface area contributed by atoms with Crippen LogP contribution in [0.4, 0.5) is 11.6 Å². The average molecular weight is 369 g/mol. The molecule has 2 rings (SSSR count). The Morgan fingerprint density at radius 3 is 2.32 bits per heavy atom. The van der Waals surface area contributed by atoms with Crippen LogP contribution in [0.5, 0.6) is 0 Å². The van der Waals surface area contributed by atoms with Crippen LogP contribution in [0.25, 0.3) is 0 Å². The van der Waals surface area contributed by atoms with Crippen LogP contribution < -0.4 is 0 Å². The summed E-state index contributed by atoms with van der Waals surface area (Å²) in [5.41, 5.74) is 0.623. The van der Waals surface area contributed by atoms with Crippen molar-refractivity contribution in [2.45, 2.75) is 13.3 Å². The van der Waals surface area contributed by atoms with Crippen LogP contribution in [0.2, 0.25) is 0 Å². The van der Waals surface area contributed by atoms with E-state index in [1.807, 2.05) is 0 Å². The molecule has 1 heterocycles.